The molecule has 3 atom stereocenters. The molecule has 0 aromatic carbocycles. The van der Waals surface area contributed by atoms with Gasteiger partial charge in [-0.1, -0.05) is 16.8 Å². The van der Waals surface area contributed by atoms with Crippen LogP contribution in [0.1, 0.15) is 20.8 Å². The molecule has 2 rings (SSSR count). The molecular weight excluding hydrogens is 244 g/mol. The van der Waals surface area contributed by atoms with Crippen molar-refractivity contribution in [1.29, 1.82) is 0 Å². The van der Waals surface area contributed by atoms with E-state index in [2.05, 4.69) is 5.16 Å². The van der Waals surface area contributed by atoms with Crippen LogP contribution in [0.5, 0.6) is 0 Å². The standard InChI is InChI=1S/C11H17ClN2O3/c1-11(2,3)17-10(15)14-4-6-7(5-14)8(6)9(12)13-16/h6-8,16H,4-5H2,1-3H3/b13-9-/t6-,7+,8?. The maximum absolute atomic E-state index is 11.8. The largest absolute Gasteiger partial charge is 0.444 e. The Kier molecular flexibility index (Phi) is 2.97. The topological polar surface area (TPSA) is 62.1 Å². The smallest absolute Gasteiger partial charge is 0.410 e. The van der Waals surface area contributed by atoms with Crippen LogP contribution in [0.25, 0.3) is 0 Å². The first-order valence-corrected chi connectivity index (χ1v) is 6.06. The summed E-state index contributed by atoms with van der Waals surface area (Å²) < 4.78 is 5.29. The molecule has 96 valence electrons. The SMILES string of the molecule is CC(C)(C)OC(=O)N1C[C@@H]2C(/C(Cl)=N/O)[C@@H]2C1. The minimum absolute atomic E-state index is 0.125. The normalized spacial score (nSPS) is 32.4. The highest BCUT2D eigenvalue weighted by atomic mass is 35.5. The summed E-state index contributed by atoms with van der Waals surface area (Å²) in [5.74, 6) is 0.775. The van der Waals surface area contributed by atoms with Crippen molar-refractivity contribution < 1.29 is 14.7 Å². The van der Waals surface area contributed by atoms with Gasteiger partial charge in [-0.15, -0.1) is 0 Å². The van der Waals surface area contributed by atoms with Crippen molar-refractivity contribution in [1.82, 2.24) is 4.90 Å². The van der Waals surface area contributed by atoms with Crippen LogP contribution in [0, 0.1) is 17.8 Å². The molecule has 0 radical (unpaired) electrons. The monoisotopic (exact) mass is 260 g/mol. The molecule has 1 unspecified atom stereocenters. The number of fused-ring (bicyclic) bond motifs is 1. The Hall–Kier alpha value is -0.970. The number of amides is 1. The fraction of sp³-hybridized carbons (Fsp3) is 0.818. The second-order valence-electron chi connectivity index (χ2n) is 5.66. The number of piperidine rings is 1. The van der Waals surface area contributed by atoms with E-state index in [1.165, 1.54) is 0 Å². The average molecular weight is 261 g/mol. The lowest BCUT2D eigenvalue weighted by Crippen LogP contribution is -2.37. The van der Waals surface area contributed by atoms with Gasteiger partial charge < -0.3 is 14.8 Å². The Labute approximate surface area is 105 Å². The zero-order valence-electron chi connectivity index (χ0n) is 10.2. The van der Waals surface area contributed by atoms with Gasteiger partial charge in [0.05, 0.1) is 0 Å². The molecular formula is C11H17ClN2O3. The lowest BCUT2D eigenvalue weighted by Gasteiger charge is -2.25. The fourth-order valence-electron chi connectivity index (χ4n) is 2.42. The van der Waals surface area contributed by atoms with Gasteiger partial charge in [0.15, 0.2) is 0 Å². The highest BCUT2D eigenvalue weighted by Gasteiger charge is 2.59. The van der Waals surface area contributed by atoms with Gasteiger partial charge in [0.2, 0.25) is 0 Å². The Morgan fingerprint density at radius 2 is 1.94 bits per heavy atom. The number of hydrogen-bond acceptors (Lipinski definition) is 4. The van der Waals surface area contributed by atoms with Gasteiger partial charge in [0.1, 0.15) is 10.8 Å². The first-order valence-electron chi connectivity index (χ1n) is 5.69. The number of oxime groups is 1. The van der Waals surface area contributed by atoms with Gasteiger partial charge in [0.25, 0.3) is 0 Å². The fourth-order valence-corrected chi connectivity index (χ4v) is 2.75. The van der Waals surface area contributed by atoms with Crippen LogP contribution in [0.15, 0.2) is 5.16 Å². The number of nitrogens with zero attached hydrogens (tertiary/aromatic N) is 2. The molecule has 1 aliphatic heterocycles. The molecule has 6 heteroatoms. The third-order valence-electron chi connectivity index (χ3n) is 3.22. The van der Waals surface area contributed by atoms with Gasteiger partial charge in [-0.05, 0) is 32.6 Å². The van der Waals surface area contributed by atoms with Gasteiger partial charge in [-0.2, -0.15) is 0 Å². The Morgan fingerprint density at radius 1 is 1.41 bits per heavy atom. The molecule has 1 N–H and O–H groups in total. The van der Waals surface area contributed by atoms with Gasteiger partial charge in [0, 0.05) is 19.0 Å². The number of carbonyl (C=O) groups is 1. The lowest BCUT2D eigenvalue weighted by molar-refractivity contribution is 0.0270. The van der Waals surface area contributed by atoms with Gasteiger partial charge in [-0.25, -0.2) is 4.79 Å². The molecule has 0 bridgehead atoms. The summed E-state index contributed by atoms with van der Waals surface area (Å²) >= 11 is 5.76. The van der Waals surface area contributed by atoms with Crippen molar-refractivity contribution in [2.75, 3.05) is 13.1 Å². The summed E-state index contributed by atoms with van der Waals surface area (Å²) in [5.41, 5.74) is -0.465. The molecule has 5 nitrogen and oxygen atoms in total. The molecule has 2 aliphatic rings. The zero-order valence-corrected chi connectivity index (χ0v) is 10.9. The van der Waals surface area contributed by atoms with Crippen LogP contribution in [0.4, 0.5) is 4.79 Å². The second-order valence-corrected chi connectivity index (χ2v) is 6.05. The number of hydrogen-bond donors (Lipinski definition) is 1. The van der Waals surface area contributed by atoms with Crippen LogP contribution in [-0.2, 0) is 4.74 Å². The summed E-state index contributed by atoms with van der Waals surface area (Å²) in [5, 5.41) is 11.8. The molecule has 0 spiro atoms. The number of carbonyl (C=O) groups excluding carboxylic acids is 1. The van der Waals surface area contributed by atoms with E-state index in [-0.39, 0.29) is 17.2 Å². The molecule has 17 heavy (non-hydrogen) atoms. The third-order valence-corrected chi connectivity index (χ3v) is 3.54. The third kappa shape index (κ3) is 2.49. The summed E-state index contributed by atoms with van der Waals surface area (Å²) in [7, 11) is 0. The Bertz CT molecular complexity index is 352. The second kappa shape index (κ2) is 4.05. The molecule has 0 aromatic heterocycles. The van der Waals surface area contributed by atoms with E-state index in [1.807, 2.05) is 20.8 Å². The van der Waals surface area contributed by atoms with E-state index in [9.17, 15) is 4.79 Å². The van der Waals surface area contributed by atoms with E-state index >= 15 is 0 Å². The number of rotatable bonds is 1. The Morgan fingerprint density at radius 3 is 2.35 bits per heavy atom. The lowest BCUT2D eigenvalue weighted by atomic mass is 10.2. The van der Waals surface area contributed by atoms with E-state index in [1.54, 1.807) is 4.90 Å². The number of likely N-dealkylation sites (tertiary alicyclic amines) is 1. The Balaban J connectivity index is 1.85. The van der Waals surface area contributed by atoms with Crippen LogP contribution >= 0.6 is 11.6 Å². The van der Waals surface area contributed by atoms with Crippen LogP contribution in [-0.4, -0.2) is 40.1 Å². The summed E-state index contributed by atoms with van der Waals surface area (Å²) in [6.07, 6.45) is -0.277. The van der Waals surface area contributed by atoms with Crippen LogP contribution in [0.2, 0.25) is 0 Å². The highest BCUT2D eigenvalue weighted by Crippen LogP contribution is 2.53. The molecule has 2 fully saturated rings. The van der Waals surface area contributed by atoms with Crippen molar-refractivity contribution >= 4 is 22.9 Å². The number of ether oxygens (including phenoxy) is 1. The average Bonchev–Trinajstić information content (AvgIpc) is 2.69. The molecule has 1 amide bonds. The van der Waals surface area contributed by atoms with Crippen LogP contribution in [0.3, 0.4) is 0 Å². The van der Waals surface area contributed by atoms with Crippen LogP contribution < -0.4 is 0 Å². The van der Waals surface area contributed by atoms with Crippen molar-refractivity contribution in [3.63, 3.8) is 0 Å². The van der Waals surface area contributed by atoms with Crippen molar-refractivity contribution in [3.05, 3.63) is 0 Å². The van der Waals surface area contributed by atoms with Gasteiger partial charge in [-0.3, -0.25) is 0 Å². The quantitative estimate of drug-likeness (QED) is 0.446. The number of halogens is 1. The molecule has 1 aliphatic carbocycles. The van der Waals surface area contributed by atoms with Crippen molar-refractivity contribution in [2.45, 2.75) is 26.4 Å². The molecule has 1 saturated carbocycles. The zero-order chi connectivity index (χ0) is 12.8. The highest BCUT2D eigenvalue weighted by molar-refractivity contribution is 6.66. The summed E-state index contributed by atoms with van der Waals surface area (Å²) in [4.78, 5) is 13.5. The minimum Gasteiger partial charge on any atom is -0.444 e. The van der Waals surface area contributed by atoms with E-state index in [0.29, 0.717) is 24.9 Å². The molecule has 1 heterocycles. The predicted molar refractivity (Wildman–Crippen MR) is 63.4 cm³/mol. The van der Waals surface area contributed by atoms with E-state index in [4.69, 9.17) is 21.5 Å². The van der Waals surface area contributed by atoms with Crippen molar-refractivity contribution in [3.8, 4) is 0 Å². The molecule has 0 aromatic rings. The van der Waals surface area contributed by atoms with E-state index < -0.39 is 5.60 Å². The molecule has 1 saturated heterocycles. The summed E-state index contributed by atoms with van der Waals surface area (Å²) in [6, 6.07) is 0. The predicted octanol–water partition coefficient (Wildman–Crippen LogP) is 2.13. The van der Waals surface area contributed by atoms with Gasteiger partial charge >= 0.3 is 6.09 Å². The summed E-state index contributed by atoms with van der Waals surface area (Å²) in [6.45, 7) is 6.81. The van der Waals surface area contributed by atoms with E-state index in [0.717, 1.165) is 0 Å². The maximum atomic E-state index is 11.8. The maximum Gasteiger partial charge on any atom is 0.410 e. The first kappa shape index (κ1) is 12.5. The minimum atomic E-state index is -0.465. The first-order chi connectivity index (χ1) is 7.83. The van der Waals surface area contributed by atoms with Crippen molar-refractivity contribution in [2.24, 2.45) is 22.9 Å².